The van der Waals surface area contributed by atoms with E-state index in [0.717, 1.165) is 16.5 Å². The fourth-order valence-electron chi connectivity index (χ4n) is 3.21. The van der Waals surface area contributed by atoms with E-state index in [1.807, 2.05) is 42.5 Å². The summed E-state index contributed by atoms with van der Waals surface area (Å²) in [6.45, 7) is 2.27. The van der Waals surface area contributed by atoms with Crippen molar-refractivity contribution in [3.05, 3.63) is 70.2 Å². The molecule has 0 bridgehead atoms. The normalized spacial score (nSPS) is 14.8. The van der Waals surface area contributed by atoms with Gasteiger partial charge >= 0.3 is 0 Å². The SMILES string of the molecule is COc1ccccc1C(=O)N1CCCN(C(=O)C=Cc2ccccc2Br)CC1. The van der Waals surface area contributed by atoms with Gasteiger partial charge in [-0.25, -0.2) is 0 Å². The first-order chi connectivity index (χ1) is 13.6. The molecule has 1 heterocycles. The standard InChI is InChI=1S/C22H23BrN2O3/c1-28-20-10-5-3-8-18(20)22(27)25-14-6-13-24(15-16-25)21(26)12-11-17-7-2-4-9-19(17)23/h2-5,7-12H,6,13-16H2,1H3. The average molecular weight is 443 g/mol. The molecule has 146 valence electrons. The third-order valence-electron chi connectivity index (χ3n) is 4.74. The number of ether oxygens (including phenoxy) is 1. The third kappa shape index (κ3) is 4.81. The molecular formula is C22H23BrN2O3. The highest BCUT2D eigenvalue weighted by Gasteiger charge is 2.23. The Hall–Kier alpha value is -2.60. The number of nitrogens with zero attached hydrogens (tertiary/aromatic N) is 2. The molecule has 0 atom stereocenters. The molecule has 0 radical (unpaired) electrons. The molecule has 0 saturated carbocycles. The molecule has 0 unspecified atom stereocenters. The number of methoxy groups -OCH3 is 1. The Kier molecular flexibility index (Phi) is 6.87. The maximum absolute atomic E-state index is 12.9. The minimum Gasteiger partial charge on any atom is -0.496 e. The van der Waals surface area contributed by atoms with Crippen LogP contribution >= 0.6 is 15.9 Å². The van der Waals surface area contributed by atoms with Crippen LogP contribution in [0.15, 0.2) is 59.1 Å². The summed E-state index contributed by atoms with van der Waals surface area (Å²) in [6.07, 6.45) is 4.16. The largest absolute Gasteiger partial charge is 0.496 e. The Labute approximate surface area is 173 Å². The van der Waals surface area contributed by atoms with E-state index in [1.165, 1.54) is 0 Å². The van der Waals surface area contributed by atoms with Crippen LogP contribution in [0.1, 0.15) is 22.3 Å². The Balaban J connectivity index is 1.64. The smallest absolute Gasteiger partial charge is 0.257 e. The van der Waals surface area contributed by atoms with Gasteiger partial charge in [0.1, 0.15) is 5.75 Å². The zero-order chi connectivity index (χ0) is 19.9. The topological polar surface area (TPSA) is 49.9 Å². The number of amides is 2. The van der Waals surface area contributed by atoms with E-state index in [2.05, 4.69) is 15.9 Å². The molecule has 1 saturated heterocycles. The summed E-state index contributed by atoms with van der Waals surface area (Å²) in [5.74, 6) is 0.471. The van der Waals surface area contributed by atoms with Crippen molar-refractivity contribution in [2.24, 2.45) is 0 Å². The third-order valence-corrected chi connectivity index (χ3v) is 5.47. The molecule has 6 heteroatoms. The van der Waals surface area contributed by atoms with E-state index in [4.69, 9.17) is 4.74 Å². The first-order valence-electron chi connectivity index (χ1n) is 9.24. The molecule has 1 fully saturated rings. The highest BCUT2D eigenvalue weighted by atomic mass is 79.9. The Morgan fingerprint density at radius 1 is 0.964 bits per heavy atom. The summed E-state index contributed by atoms with van der Waals surface area (Å²) in [5, 5.41) is 0. The Morgan fingerprint density at radius 2 is 1.64 bits per heavy atom. The minimum atomic E-state index is -0.0597. The van der Waals surface area contributed by atoms with E-state index >= 15 is 0 Å². The predicted molar refractivity (Wildman–Crippen MR) is 113 cm³/mol. The first kappa shape index (κ1) is 20.1. The highest BCUT2D eigenvalue weighted by molar-refractivity contribution is 9.10. The molecule has 0 N–H and O–H groups in total. The molecule has 1 aliphatic heterocycles. The number of carbonyl (C=O) groups excluding carboxylic acids is 2. The van der Waals surface area contributed by atoms with Crippen LogP contribution in [0.4, 0.5) is 0 Å². The Bertz CT molecular complexity index is 882. The Morgan fingerprint density at radius 3 is 2.43 bits per heavy atom. The van der Waals surface area contributed by atoms with E-state index in [-0.39, 0.29) is 11.8 Å². The summed E-state index contributed by atoms with van der Waals surface area (Å²) < 4.78 is 6.25. The van der Waals surface area contributed by atoms with Gasteiger partial charge in [-0.3, -0.25) is 9.59 Å². The van der Waals surface area contributed by atoms with Crippen LogP contribution in [0.2, 0.25) is 0 Å². The van der Waals surface area contributed by atoms with Crippen molar-refractivity contribution in [1.82, 2.24) is 9.80 Å². The van der Waals surface area contributed by atoms with E-state index in [9.17, 15) is 9.59 Å². The lowest BCUT2D eigenvalue weighted by Crippen LogP contribution is -2.36. The fraction of sp³-hybridized carbons (Fsp3) is 0.273. The fourth-order valence-corrected chi connectivity index (χ4v) is 3.63. The molecule has 0 aromatic heterocycles. The predicted octanol–water partition coefficient (Wildman–Crippen LogP) is 3.85. The van der Waals surface area contributed by atoms with Gasteiger partial charge in [-0.15, -0.1) is 0 Å². The molecule has 2 aromatic carbocycles. The van der Waals surface area contributed by atoms with Gasteiger partial charge in [0.25, 0.3) is 5.91 Å². The number of halogens is 1. The minimum absolute atomic E-state index is 0.0395. The lowest BCUT2D eigenvalue weighted by Gasteiger charge is -2.22. The summed E-state index contributed by atoms with van der Waals surface area (Å²) in [6, 6.07) is 15.0. The second kappa shape index (κ2) is 9.55. The number of rotatable bonds is 4. The number of carbonyl (C=O) groups is 2. The van der Waals surface area contributed by atoms with Gasteiger partial charge in [-0.05, 0) is 36.3 Å². The van der Waals surface area contributed by atoms with E-state index in [1.54, 1.807) is 35.1 Å². The summed E-state index contributed by atoms with van der Waals surface area (Å²) >= 11 is 3.48. The van der Waals surface area contributed by atoms with Gasteiger partial charge in [-0.1, -0.05) is 46.3 Å². The van der Waals surface area contributed by atoms with E-state index < -0.39 is 0 Å². The zero-order valence-electron chi connectivity index (χ0n) is 15.8. The van der Waals surface area contributed by atoms with Gasteiger partial charge in [0.2, 0.25) is 5.91 Å². The van der Waals surface area contributed by atoms with Crippen molar-refractivity contribution in [2.45, 2.75) is 6.42 Å². The van der Waals surface area contributed by atoms with Crippen molar-refractivity contribution in [2.75, 3.05) is 33.3 Å². The molecule has 1 aliphatic rings. The van der Waals surface area contributed by atoms with Crippen LogP contribution in [0.25, 0.3) is 6.08 Å². The molecule has 3 rings (SSSR count). The first-order valence-corrected chi connectivity index (χ1v) is 10.0. The van der Waals surface area contributed by atoms with Crippen molar-refractivity contribution in [3.8, 4) is 5.75 Å². The van der Waals surface area contributed by atoms with Crippen LogP contribution in [0, 0.1) is 0 Å². The monoisotopic (exact) mass is 442 g/mol. The lowest BCUT2D eigenvalue weighted by atomic mass is 10.1. The average Bonchev–Trinajstić information content (AvgIpc) is 2.99. The van der Waals surface area contributed by atoms with Crippen LogP contribution in [-0.4, -0.2) is 54.9 Å². The van der Waals surface area contributed by atoms with Crippen molar-refractivity contribution in [1.29, 1.82) is 0 Å². The zero-order valence-corrected chi connectivity index (χ0v) is 17.4. The number of hydrogen-bond donors (Lipinski definition) is 0. The van der Waals surface area contributed by atoms with Crippen molar-refractivity contribution in [3.63, 3.8) is 0 Å². The van der Waals surface area contributed by atoms with E-state index in [0.29, 0.717) is 37.5 Å². The van der Waals surface area contributed by atoms with Gasteiger partial charge < -0.3 is 14.5 Å². The molecule has 0 aliphatic carbocycles. The second-order valence-electron chi connectivity index (χ2n) is 6.53. The molecule has 5 nitrogen and oxygen atoms in total. The number of hydrogen-bond acceptors (Lipinski definition) is 3. The van der Waals surface area contributed by atoms with Gasteiger partial charge in [-0.2, -0.15) is 0 Å². The summed E-state index contributed by atoms with van der Waals surface area (Å²) in [4.78, 5) is 29.1. The van der Waals surface area contributed by atoms with Crippen molar-refractivity contribution < 1.29 is 14.3 Å². The van der Waals surface area contributed by atoms with Gasteiger partial charge in [0, 0.05) is 36.7 Å². The molecule has 2 amide bonds. The van der Waals surface area contributed by atoms with Gasteiger partial charge in [0.15, 0.2) is 0 Å². The van der Waals surface area contributed by atoms with Crippen LogP contribution in [0.5, 0.6) is 5.75 Å². The number of para-hydroxylation sites is 1. The van der Waals surface area contributed by atoms with Gasteiger partial charge in [0.05, 0.1) is 12.7 Å². The molecule has 0 spiro atoms. The molecule has 2 aromatic rings. The molecule has 28 heavy (non-hydrogen) atoms. The summed E-state index contributed by atoms with van der Waals surface area (Å²) in [7, 11) is 1.56. The lowest BCUT2D eigenvalue weighted by molar-refractivity contribution is -0.125. The maximum atomic E-state index is 12.9. The maximum Gasteiger partial charge on any atom is 0.257 e. The number of benzene rings is 2. The quantitative estimate of drug-likeness (QED) is 0.675. The molecular weight excluding hydrogens is 420 g/mol. The summed E-state index contributed by atoms with van der Waals surface area (Å²) in [5.41, 5.74) is 1.51. The van der Waals surface area contributed by atoms with Crippen LogP contribution in [0.3, 0.4) is 0 Å². The second-order valence-corrected chi connectivity index (χ2v) is 7.38. The van der Waals surface area contributed by atoms with Crippen LogP contribution in [-0.2, 0) is 4.79 Å². The highest BCUT2D eigenvalue weighted by Crippen LogP contribution is 2.20. The van der Waals surface area contributed by atoms with Crippen LogP contribution < -0.4 is 4.74 Å². The van der Waals surface area contributed by atoms with Crippen molar-refractivity contribution >= 4 is 33.8 Å².